The van der Waals surface area contributed by atoms with Gasteiger partial charge in [-0.2, -0.15) is 0 Å². The third kappa shape index (κ3) is 5.38. The van der Waals surface area contributed by atoms with Crippen LogP contribution in [0.25, 0.3) is 0 Å². The van der Waals surface area contributed by atoms with E-state index >= 15 is 0 Å². The summed E-state index contributed by atoms with van der Waals surface area (Å²) in [5.74, 6) is 0. The normalized spacial score (nSPS) is 8.08. The first-order valence-corrected chi connectivity index (χ1v) is 3.67. The van der Waals surface area contributed by atoms with Crippen LogP contribution in [0.1, 0.15) is 12.0 Å². The van der Waals surface area contributed by atoms with Crippen molar-refractivity contribution in [3.8, 4) is 0 Å². The van der Waals surface area contributed by atoms with Crippen LogP contribution in [0, 0.1) is 0 Å². The fourth-order valence-electron chi connectivity index (χ4n) is 0.951. The number of benzene rings is 1. The summed E-state index contributed by atoms with van der Waals surface area (Å²) >= 11 is 0. The Balaban J connectivity index is 0. The van der Waals surface area contributed by atoms with Crippen LogP contribution in [0.5, 0.6) is 0 Å². The summed E-state index contributed by atoms with van der Waals surface area (Å²) in [5.41, 5.74) is 6.76. The molecule has 0 heterocycles. The summed E-state index contributed by atoms with van der Waals surface area (Å²) < 4.78 is 0. The van der Waals surface area contributed by atoms with Crippen molar-refractivity contribution in [2.24, 2.45) is 5.73 Å². The van der Waals surface area contributed by atoms with Crippen LogP contribution in [0.4, 0.5) is 0 Å². The zero-order valence-corrected chi connectivity index (χ0v) is 8.34. The molecule has 0 aliphatic heterocycles. The van der Waals surface area contributed by atoms with Crippen molar-refractivity contribution in [3.05, 3.63) is 35.9 Å². The quantitative estimate of drug-likeness (QED) is 0.792. The van der Waals surface area contributed by atoms with Gasteiger partial charge in [-0.3, -0.25) is 0 Å². The molecule has 0 saturated carbocycles. The zero-order valence-electron chi connectivity index (χ0n) is 6.94. The van der Waals surface area contributed by atoms with Crippen molar-refractivity contribution in [1.82, 2.24) is 0 Å². The minimum absolute atomic E-state index is 0. The van der Waals surface area contributed by atoms with E-state index in [2.05, 4.69) is 24.3 Å². The molecule has 0 spiro atoms. The molecule has 0 aliphatic rings. The van der Waals surface area contributed by atoms with Crippen molar-refractivity contribution in [2.75, 3.05) is 6.54 Å². The topological polar surface area (TPSA) is 54.5 Å². The van der Waals surface area contributed by atoms with Crippen LogP contribution in [-0.2, 0) is 30.5 Å². The third-order valence-corrected chi connectivity index (χ3v) is 1.51. The largest absolute Gasteiger partial charge is 2.00 e. The van der Waals surface area contributed by atoms with E-state index in [1.807, 2.05) is 6.07 Å². The number of aryl methyl sites for hydroxylation is 1. The molecule has 1 aromatic carbocycles. The van der Waals surface area contributed by atoms with Crippen LogP contribution in [0.15, 0.2) is 30.3 Å². The van der Waals surface area contributed by atoms with Crippen molar-refractivity contribution in [2.45, 2.75) is 12.8 Å². The van der Waals surface area contributed by atoms with Crippen LogP contribution in [0.2, 0.25) is 0 Å². The van der Waals surface area contributed by atoms with Crippen molar-refractivity contribution < 1.29 is 24.0 Å². The Morgan fingerprint density at radius 2 is 1.67 bits per heavy atom. The molecule has 12 heavy (non-hydrogen) atoms. The molecule has 2 nitrogen and oxygen atoms in total. The molecular weight excluding hydrogens is 189 g/mol. The summed E-state index contributed by atoms with van der Waals surface area (Å²) in [5, 5.41) is 0. The molecule has 0 aliphatic carbocycles. The summed E-state index contributed by atoms with van der Waals surface area (Å²) in [6.07, 6.45) is 2.20. The van der Waals surface area contributed by atoms with Crippen molar-refractivity contribution >= 4 is 0 Å². The van der Waals surface area contributed by atoms with Gasteiger partial charge in [-0.25, -0.2) is 0 Å². The van der Waals surface area contributed by atoms with Gasteiger partial charge in [0.05, 0.1) is 0 Å². The fourth-order valence-corrected chi connectivity index (χ4v) is 0.951. The monoisotopic (exact) mass is 202 g/mol. The number of hydrogen-bond acceptors (Lipinski definition) is 1. The Hall–Kier alpha value is -0.276. The maximum Gasteiger partial charge on any atom is 0 e. The van der Waals surface area contributed by atoms with E-state index in [9.17, 15) is 0 Å². The van der Waals surface area contributed by atoms with E-state index in [0.717, 1.165) is 19.4 Å². The number of nitrogens with two attached hydrogens (primary N) is 1. The summed E-state index contributed by atoms with van der Waals surface area (Å²) in [7, 11) is 0. The van der Waals surface area contributed by atoms with E-state index in [4.69, 9.17) is 5.73 Å². The average molecular weight is 202 g/mol. The fraction of sp³-hybridized carbons (Fsp3) is 0.333. The molecule has 0 atom stereocenters. The van der Waals surface area contributed by atoms with Gasteiger partial charge in [0, 0.05) is 18.6 Å². The van der Waals surface area contributed by atoms with Gasteiger partial charge in [-0.05, 0) is 24.9 Å². The molecule has 0 amide bonds. The Kier molecular flexibility index (Phi) is 10.5. The predicted molar refractivity (Wildman–Crippen MR) is 44.5 cm³/mol. The Labute approximate surface area is 85.4 Å². The van der Waals surface area contributed by atoms with E-state index in [-0.39, 0.29) is 24.0 Å². The number of hydrogen-bond donors (Lipinski definition) is 1. The first-order valence-electron chi connectivity index (χ1n) is 3.67. The average Bonchev–Trinajstić information content (AvgIpc) is 2.03. The maximum atomic E-state index is 5.38. The molecule has 2 N–H and O–H groups in total. The van der Waals surface area contributed by atoms with Crippen molar-refractivity contribution in [1.29, 1.82) is 0 Å². The Morgan fingerprint density at radius 1 is 1.08 bits per heavy atom. The van der Waals surface area contributed by atoms with Gasteiger partial charge in [0.15, 0.2) is 0 Å². The van der Waals surface area contributed by atoms with Crippen LogP contribution >= 0.6 is 0 Å². The van der Waals surface area contributed by atoms with Crippen LogP contribution in [-0.4, -0.2) is 6.54 Å². The Bertz CT molecular complexity index is 179. The second-order valence-electron chi connectivity index (χ2n) is 2.38. The molecule has 1 aromatic rings. The predicted octanol–water partition coefficient (Wildman–Crippen LogP) is 1.46. The maximum absolute atomic E-state index is 5.38. The standard InChI is InChI=1S/C9H13N.O.V/c10-8-4-7-9-5-2-1-3-6-9;;/h1-3,5-6H,4,7-8,10H2;;/q;-2;. The smallest absolute Gasteiger partial charge is 0 e. The van der Waals surface area contributed by atoms with Gasteiger partial charge in [-0.1, -0.05) is 30.3 Å². The number of rotatable bonds is 3. The van der Waals surface area contributed by atoms with Gasteiger partial charge in [-0.15, -0.1) is 0 Å². The van der Waals surface area contributed by atoms with E-state index in [1.54, 1.807) is 0 Å². The Morgan fingerprint density at radius 3 is 2.17 bits per heavy atom. The molecule has 0 unspecified atom stereocenters. The van der Waals surface area contributed by atoms with Crippen molar-refractivity contribution in [3.63, 3.8) is 0 Å². The molecule has 0 fully saturated rings. The SMILES string of the molecule is NCCCc1ccccc1.[O-2].[V]. The zero-order chi connectivity index (χ0) is 7.23. The van der Waals surface area contributed by atoms with Gasteiger partial charge in [0.1, 0.15) is 0 Å². The summed E-state index contributed by atoms with van der Waals surface area (Å²) in [6.45, 7) is 0.787. The molecule has 1 rings (SSSR count). The van der Waals surface area contributed by atoms with Gasteiger partial charge in [0.2, 0.25) is 0 Å². The molecule has 0 aromatic heterocycles. The summed E-state index contributed by atoms with van der Waals surface area (Å²) in [6, 6.07) is 10.4. The second kappa shape index (κ2) is 8.82. The summed E-state index contributed by atoms with van der Waals surface area (Å²) in [4.78, 5) is 0. The third-order valence-electron chi connectivity index (χ3n) is 1.51. The second-order valence-corrected chi connectivity index (χ2v) is 2.38. The molecular formula is C9H13NOV-2. The van der Waals surface area contributed by atoms with Gasteiger partial charge in [0.25, 0.3) is 0 Å². The molecule has 3 heteroatoms. The minimum Gasteiger partial charge on any atom is -2.00 e. The molecule has 0 saturated heterocycles. The first-order chi connectivity index (χ1) is 4.93. The van der Waals surface area contributed by atoms with E-state index < -0.39 is 0 Å². The van der Waals surface area contributed by atoms with Gasteiger partial charge < -0.3 is 11.2 Å². The van der Waals surface area contributed by atoms with E-state index in [0.29, 0.717) is 0 Å². The van der Waals surface area contributed by atoms with Crippen LogP contribution < -0.4 is 5.73 Å². The van der Waals surface area contributed by atoms with Gasteiger partial charge >= 0.3 is 0 Å². The molecule has 1 radical (unpaired) electrons. The van der Waals surface area contributed by atoms with Crippen LogP contribution in [0.3, 0.4) is 0 Å². The van der Waals surface area contributed by atoms with E-state index in [1.165, 1.54) is 5.56 Å². The molecule has 67 valence electrons. The molecule has 0 bridgehead atoms. The first kappa shape index (κ1) is 14.3. The minimum atomic E-state index is 0.